The maximum absolute atomic E-state index is 11.9. The second kappa shape index (κ2) is 4.74. The predicted octanol–water partition coefficient (Wildman–Crippen LogP) is 2.95. The van der Waals surface area contributed by atoms with Crippen molar-refractivity contribution in [1.82, 2.24) is 4.98 Å². The number of carbonyl (C=O) groups is 2. The lowest BCUT2D eigenvalue weighted by Gasteiger charge is -2.03. The molecule has 1 fully saturated rings. The van der Waals surface area contributed by atoms with Gasteiger partial charge in [-0.15, -0.1) is 11.3 Å². The van der Waals surface area contributed by atoms with Crippen LogP contribution in [-0.4, -0.2) is 16.9 Å². The van der Waals surface area contributed by atoms with Crippen LogP contribution in [0, 0.1) is 13.8 Å². The fourth-order valence-corrected chi connectivity index (χ4v) is 3.06. The number of allylic oxidation sites excluding steroid dienone is 2. The molecule has 1 aromatic rings. The molecule has 0 unspecified atom stereocenters. The normalized spacial score (nSPS) is 17.8. The zero-order chi connectivity index (χ0) is 14.3. The molecule has 1 aromatic heterocycles. The zero-order valence-corrected chi connectivity index (χ0v) is 12.4. The largest absolute Gasteiger partial charge is 0.386 e. The standard InChI is InChI=1S/C14H15NO3S/c1-6(2)10-11(14(17)18-13(10)16)7(3)12-8(4)19-9(5)15-12/h1-5H3/b11-7-. The van der Waals surface area contributed by atoms with E-state index in [0.717, 1.165) is 21.2 Å². The molecule has 0 atom stereocenters. The summed E-state index contributed by atoms with van der Waals surface area (Å²) in [5.74, 6) is -1.15. The van der Waals surface area contributed by atoms with Gasteiger partial charge in [-0.05, 0) is 40.2 Å². The van der Waals surface area contributed by atoms with Crippen molar-refractivity contribution in [3.8, 4) is 0 Å². The van der Waals surface area contributed by atoms with E-state index in [-0.39, 0.29) is 0 Å². The van der Waals surface area contributed by atoms with Crippen molar-refractivity contribution in [1.29, 1.82) is 0 Å². The Hall–Kier alpha value is -1.75. The van der Waals surface area contributed by atoms with E-state index in [4.69, 9.17) is 4.74 Å². The molecule has 0 aliphatic carbocycles. The van der Waals surface area contributed by atoms with Gasteiger partial charge >= 0.3 is 11.9 Å². The molecular weight excluding hydrogens is 262 g/mol. The summed E-state index contributed by atoms with van der Waals surface area (Å²) in [6.07, 6.45) is 0. The molecular formula is C14H15NO3S. The van der Waals surface area contributed by atoms with Gasteiger partial charge in [-0.2, -0.15) is 0 Å². The molecule has 1 aliphatic heterocycles. The van der Waals surface area contributed by atoms with E-state index >= 15 is 0 Å². The number of hydrogen-bond acceptors (Lipinski definition) is 5. The van der Waals surface area contributed by atoms with E-state index in [1.807, 2.05) is 13.8 Å². The summed E-state index contributed by atoms with van der Waals surface area (Å²) in [5.41, 5.74) is 2.96. The number of thiazole rings is 1. The molecule has 0 saturated carbocycles. The van der Waals surface area contributed by atoms with Crippen LogP contribution >= 0.6 is 11.3 Å². The highest BCUT2D eigenvalue weighted by Gasteiger charge is 2.36. The molecule has 0 aromatic carbocycles. The van der Waals surface area contributed by atoms with E-state index in [0.29, 0.717) is 16.7 Å². The van der Waals surface area contributed by atoms with Gasteiger partial charge in [0.05, 0.1) is 21.8 Å². The number of nitrogens with zero attached hydrogens (tertiary/aromatic N) is 1. The Balaban J connectivity index is 2.69. The molecule has 0 radical (unpaired) electrons. The van der Waals surface area contributed by atoms with Crippen molar-refractivity contribution < 1.29 is 14.3 Å². The van der Waals surface area contributed by atoms with Crippen LogP contribution in [0.1, 0.15) is 36.3 Å². The van der Waals surface area contributed by atoms with Crippen LogP contribution in [0.4, 0.5) is 0 Å². The van der Waals surface area contributed by atoms with Gasteiger partial charge in [-0.3, -0.25) is 0 Å². The smallest absolute Gasteiger partial charge is 0.347 e. The average Bonchev–Trinajstić information content (AvgIpc) is 2.77. The lowest BCUT2D eigenvalue weighted by molar-refractivity contribution is -0.149. The van der Waals surface area contributed by atoms with Gasteiger partial charge < -0.3 is 4.74 Å². The van der Waals surface area contributed by atoms with Crippen LogP contribution in [0.5, 0.6) is 0 Å². The average molecular weight is 277 g/mol. The Morgan fingerprint density at radius 3 is 2.11 bits per heavy atom. The van der Waals surface area contributed by atoms with Crippen LogP contribution in [-0.2, 0) is 14.3 Å². The molecule has 1 saturated heterocycles. The van der Waals surface area contributed by atoms with Gasteiger partial charge in [0.25, 0.3) is 0 Å². The van der Waals surface area contributed by atoms with E-state index < -0.39 is 11.9 Å². The van der Waals surface area contributed by atoms with Gasteiger partial charge in [-0.1, -0.05) is 5.57 Å². The third-order valence-electron chi connectivity index (χ3n) is 2.98. The van der Waals surface area contributed by atoms with Crippen molar-refractivity contribution in [3.05, 3.63) is 32.3 Å². The quantitative estimate of drug-likeness (QED) is 0.450. The molecule has 0 N–H and O–H groups in total. The first kappa shape index (κ1) is 13.7. The summed E-state index contributed by atoms with van der Waals surface area (Å²) < 4.78 is 4.72. The molecule has 2 heterocycles. The SMILES string of the molecule is CC(C)=C1C(=O)OC(=O)/C1=C(/C)c1nc(C)sc1C. The second-order valence-corrected chi connectivity index (χ2v) is 6.10. The minimum Gasteiger partial charge on any atom is -0.386 e. The molecule has 4 nitrogen and oxygen atoms in total. The second-order valence-electron chi connectivity index (χ2n) is 4.69. The topological polar surface area (TPSA) is 56.3 Å². The number of cyclic esters (lactones) is 2. The molecule has 19 heavy (non-hydrogen) atoms. The third-order valence-corrected chi connectivity index (χ3v) is 3.86. The summed E-state index contributed by atoms with van der Waals surface area (Å²) in [6.45, 7) is 9.26. The van der Waals surface area contributed by atoms with Crippen molar-refractivity contribution in [3.63, 3.8) is 0 Å². The summed E-state index contributed by atoms with van der Waals surface area (Å²) in [7, 11) is 0. The fourth-order valence-electron chi connectivity index (χ4n) is 2.18. The number of hydrogen-bond donors (Lipinski definition) is 0. The monoisotopic (exact) mass is 277 g/mol. The Kier molecular flexibility index (Phi) is 3.41. The molecule has 2 rings (SSSR count). The Morgan fingerprint density at radius 1 is 1.05 bits per heavy atom. The number of ether oxygens (including phenoxy) is 1. The predicted molar refractivity (Wildman–Crippen MR) is 73.7 cm³/mol. The zero-order valence-electron chi connectivity index (χ0n) is 11.6. The van der Waals surface area contributed by atoms with Crippen LogP contribution in [0.25, 0.3) is 5.57 Å². The molecule has 1 aliphatic rings. The van der Waals surface area contributed by atoms with Crippen LogP contribution in [0.2, 0.25) is 0 Å². The number of rotatable bonds is 1. The molecule has 0 amide bonds. The Morgan fingerprint density at radius 2 is 1.63 bits per heavy atom. The first-order valence-corrected chi connectivity index (χ1v) is 6.74. The van der Waals surface area contributed by atoms with Crippen LogP contribution < -0.4 is 0 Å². The fraction of sp³-hybridized carbons (Fsp3) is 0.357. The van der Waals surface area contributed by atoms with E-state index in [1.165, 1.54) is 0 Å². The number of esters is 2. The molecule has 100 valence electrons. The van der Waals surface area contributed by atoms with Gasteiger partial charge in [0, 0.05) is 4.88 Å². The maximum Gasteiger partial charge on any atom is 0.347 e. The van der Waals surface area contributed by atoms with Crippen molar-refractivity contribution in [2.45, 2.75) is 34.6 Å². The first-order chi connectivity index (χ1) is 8.82. The van der Waals surface area contributed by atoms with Gasteiger partial charge in [0.2, 0.25) is 0 Å². The number of carbonyl (C=O) groups excluding carboxylic acids is 2. The lowest BCUT2D eigenvalue weighted by Crippen LogP contribution is -2.00. The van der Waals surface area contributed by atoms with E-state index in [9.17, 15) is 9.59 Å². The van der Waals surface area contributed by atoms with Crippen molar-refractivity contribution in [2.24, 2.45) is 0 Å². The minimum absolute atomic E-state index is 0.346. The van der Waals surface area contributed by atoms with Crippen molar-refractivity contribution in [2.75, 3.05) is 0 Å². The highest BCUT2D eigenvalue weighted by Crippen LogP contribution is 2.34. The van der Waals surface area contributed by atoms with Gasteiger partial charge in [0.1, 0.15) is 0 Å². The summed E-state index contributed by atoms with van der Waals surface area (Å²) in [6, 6.07) is 0. The molecule has 0 spiro atoms. The first-order valence-electron chi connectivity index (χ1n) is 5.92. The van der Waals surface area contributed by atoms with E-state index in [1.54, 1.807) is 32.1 Å². The minimum atomic E-state index is -0.580. The van der Waals surface area contributed by atoms with Crippen molar-refractivity contribution >= 4 is 28.8 Å². The van der Waals surface area contributed by atoms with Crippen LogP contribution in [0.3, 0.4) is 0 Å². The number of aromatic nitrogens is 1. The Labute approximate surface area is 115 Å². The number of aryl methyl sites for hydroxylation is 2. The lowest BCUT2D eigenvalue weighted by atomic mass is 9.97. The van der Waals surface area contributed by atoms with E-state index in [2.05, 4.69) is 4.98 Å². The van der Waals surface area contributed by atoms with Crippen LogP contribution in [0.15, 0.2) is 16.7 Å². The van der Waals surface area contributed by atoms with Gasteiger partial charge in [0.15, 0.2) is 0 Å². The van der Waals surface area contributed by atoms with Gasteiger partial charge in [-0.25, -0.2) is 14.6 Å². The molecule has 0 bridgehead atoms. The Bertz CT molecular complexity index is 646. The summed E-state index contributed by atoms with van der Waals surface area (Å²) in [5, 5.41) is 0.934. The third kappa shape index (κ3) is 2.26. The highest BCUT2D eigenvalue weighted by molar-refractivity contribution is 7.11. The highest BCUT2D eigenvalue weighted by atomic mass is 32.1. The summed E-state index contributed by atoms with van der Waals surface area (Å²) >= 11 is 1.57. The summed E-state index contributed by atoms with van der Waals surface area (Å²) in [4.78, 5) is 29.0. The molecule has 5 heteroatoms. The maximum atomic E-state index is 11.9.